The first kappa shape index (κ1) is 23.0. The highest BCUT2D eigenvalue weighted by Gasteiger charge is 2.30. The van der Waals surface area contributed by atoms with Gasteiger partial charge in [0.2, 0.25) is 15.9 Å². The zero-order chi connectivity index (χ0) is 22.3. The number of sulfonamides is 1. The standard InChI is InChI=1S/C22H29N3O5S/c1-2-3-15-31(28,29)25-12-10-18(11-13-25)21(26)23-16-17-6-8-19(9-7-17)24-22(27)20-5-4-14-30-20/h4-9,14,18H,2-3,10-13,15-16H2,1H3,(H,23,26)(H,24,27). The van der Waals surface area contributed by atoms with Gasteiger partial charge < -0.3 is 15.1 Å². The predicted molar refractivity (Wildman–Crippen MR) is 118 cm³/mol. The Kier molecular flexibility index (Phi) is 7.86. The van der Waals surface area contributed by atoms with Crippen LogP contribution < -0.4 is 10.6 Å². The number of benzene rings is 1. The summed E-state index contributed by atoms with van der Waals surface area (Å²) in [5, 5.41) is 5.67. The third-order valence-corrected chi connectivity index (χ3v) is 7.35. The molecule has 1 aromatic carbocycles. The van der Waals surface area contributed by atoms with Crippen LogP contribution in [0.1, 0.15) is 48.7 Å². The van der Waals surface area contributed by atoms with E-state index in [1.807, 2.05) is 19.1 Å². The number of rotatable bonds is 9. The van der Waals surface area contributed by atoms with Crippen molar-refractivity contribution >= 4 is 27.5 Å². The molecule has 1 saturated heterocycles. The maximum Gasteiger partial charge on any atom is 0.291 e. The molecule has 0 aliphatic carbocycles. The summed E-state index contributed by atoms with van der Waals surface area (Å²) in [4.78, 5) is 24.5. The number of piperidine rings is 1. The molecule has 1 aliphatic rings. The molecule has 0 radical (unpaired) electrons. The van der Waals surface area contributed by atoms with Crippen LogP contribution in [-0.2, 0) is 21.4 Å². The Labute approximate surface area is 183 Å². The Hall–Kier alpha value is -2.65. The average Bonchev–Trinajstić information content (AvgIpc) is 3.32. The van der Waals surface area contributed by atoms with Crippen LogP contribution in [0.25, 0.3) is 0 Å². The number of anilines is 1. The topological polar surface area (TPSA) is 109 Å². The summed E-state index contributed by atoms with van der Waals surface area (Å²) in [5.74, 6) is -0.141. The Morgan fingerprint density at radius 1 is 1.13 bits per heavy atom. The molecule has 0 spiro atoms. The quantitative estimate of drug-likeness (QED) is 0.614. The van der Waals surface area contributed by atoms with Crippen molar-refractivity contribution in [3.8, 4) is 0 Å². The lowest BCUT2D eigenvalue weighted by Crippen LogP contribution is -2.43. The van der Waals surface area contributed by atoms with Crippen LogP contribution in [0.4, 0.5) is 5.69 Å². The molecule has 0 unspecified atom stereocenters. The summed E-state index contributed by atoms with van der Waals surface area (Å²) >= 11 is 0. The second kappa shape index (κ2) is 10.6. The minimum atomic E-state index is -3.21. The van der Waals surface area contributed by atoms with Gasteiger partial charge in [0.05, 0.1) is 12.0 Å². The molecule has 1 aromatic heterocycles. The van der Waals surface area contributed by atoms with E-state index < -0.39 is 10.0 Å². The minimum Gasteiger partial charge on any atom is -0.459 e. The molecule has 8 nitrogen and oxygen atoms in total. The van der Waals surface area contributed by atoms with Gasteiger partial charge >= 0.3 is 0 Å². The van der Waals surface area contributed by atoms with E-state index in [2.05, 4.69) is 10.6 Å². The fourth-order valence-electron chi connectivity index (χ4n) is 3.49. The van der Waals surface area contributed by atoms with E-state index in [1.165, 1.54) is 10.6 Å². The Balaban J connectivity index is 1.43. The van der Waals surface area contributed by atoms with Gasteiger partial charge in [-0.3, -0.25) is 9.59 Å². The van der Waals surface area contributed by atoms with E-state index in [-0.39, 0.29) is 29.2 Å². The molecular weight excluding hydrogens is 418 g/mol. The van der Waals surface area contributed by atoms with E-state index in [9.17, 15) is 18.0 Å². The van der Waals surface area contributed by atoms with Crippen LogP contribution in [0.3, 0.4) is 0 Å². The van der Waals surface area contributed by atoms with Crippen LogP contribution in [0.2, 0.25) is 0 Å². The zero-order valence-electron chi connectivity index (χ0n) is 17.7. The van der Waals surface area contributed by atoms with Gasteiger partial charge in [-0.05, 0) is 49.1 Å². The average molecular weight is 448 g/mol. The van der Waals surface area contributed by atoms with Gasteiger partial charge in [0.1, 0.15) is 0 Å². The molecule has 2 aromatic rings. The van der Waals surface area contributed by atoms with Crippen LogP contribution in [0.15, 0.2) is 47.1 Å². The second-order valence-electron chi connectivity index (χ2n) is 7.69. The molecule has 0 saturated carbocycles. The van der Waals surface area contributed by atoms with Crippen molar-refractivity contribution in [3.05, 3.63) is 54.0 Å². The number of nitrogens with one attached hydrogen (secondary N) is 2. The summed E-state index contributed by atoms with van der Waals surface area (Å²) in [5.41, 5.74) is 1.54. The molecule has 168 valence electrons. The van der Waals surface area contributed by atoms with Crippen LogP contribution in [0, 0.1) is 5.92 Å². The first-order chi connectivity index (χ1) is 14.9. The SMILES string of the molecule is CCCCS(=O)(=O)N1CCC(C(=O)NCc2ccc(NC(=O)c3ccco3)cc2)CC1. The molecule has 1 fully saturated rings. The van der Waals surface area contributed by atoms with E-state index in [0.717, 1.165) is 12.0 Å². The van der Waals surface area contributed by atoms with Crippen LogP contribution >= 0.6 is 0 Å². The van der Waals surface area contributed by atoms with Crippen molar-refractivity contribution in [3.63, 3.8) is 0 Å². The van der Waals surface area contributed by atoms with Gasteiger partial charge in [-0.25, -0.2) is 12.7 Å². The van der Waals surface area contributed by atoms with Gasteiger partial charge in [0.15, 0.2) is 5.76 Å². The molecule has 9 heteroatoms. The highest BCUT2D eigenvalue weighted by atomic mass is 32.2. The van der Waals surface area contributed by atoms with Crippen molar-refractivity contribution in [1.82, 2.24) is 9.62 Å². The summed E-state index contributed by atoms with van der Waals surface area (Å²) in [6, 6.07) is 10.4. The lowest BCUT2D eigenvalue weighted by atomic mass is 9.97. The predicted octanol–water partition coefficient (Wildman–Crippen LogP) is 2.99. The number of hydrogen-bond donors (Lipinski definition) is 2. The van der Waals surface area contributed by atoms with E-state index in [0.29, 0.717) is 44.6 Å². The molecule has 31 heavy (non-hydrogen) atoms. The Morgan fingerprint density at radius 3 is 2.45 bits per heavy atom. The number of unbranched alkanes of at least 4 members (excludes halogenated alkanes) is 1. The number of furan rings is 1. The Morgan fingerprint density at radius 2 is 1.84 bits per heavy atom. The lowest BCUT2D eigenvalue weighted by Gasteiger charge is -2.30. The smallest absolute Gasteiger partial charge is 0.291 e. The molecule has 3 rings (SSSR count). The second-order valence-corrected chi connectivity index (χ2v) is 9.78. The van der Waals surface area contributed by atoms with E-state index in [4.69, 9.17) is 4.42 Å². The molecular formula is C22H29N3O5S. The monoisotopic (exact) mass is 447 g/mol. The van der Waals surface area contributed by atoms with E-state index >= 15 is 0 Å². The number of carbonyl (C=O) groups excluding carboxylic acids is 2. The van der Waals surface area contributed by atoms with Crippen molar-refractivity contribution in [2.45, 2.75) is 39.2 Å². The number of amides is 2. The van der Waals surface area contributed by atoms with Crippen molar-refractivity contribution < 1.29 is 22.4 Å². The molecule has 0 bridgehead atoms. The zero-order valence-corrected chi connectivity index (χ0v) is 18.5. The maximum atomic E-state index is 12.5. The van der Waals surface area contributed by atoms with Crippen LogP contribution in [0.5, 0.6) is 0 Å². The third kappa shape index (κ3) is 6.41. The first-order valence-corrected chi connectivity index (χ1v) is 12.2. The van der Waals surface area contributed by atoms with Gasteiger partial charge in [-0.15, -0.1) is 0 Å². The highest BCUT2D eigenvalue weighted by Crippen LogP contribution is 2.21. The fourth-order valence-corrected chi connectivity index (χ4v) is 5.17. The Bertz CT molecular complexity index is 963. The molecule has 1 aliphatic heterocycles. The lowest BCUT2D eigenvalue weighted by molar-refractivity contribution is -0.126. The van der Waals surface area contributed by atoms with Crippen molar-refractivity contribution in [2.75, 3.05) is 24.2 Å². The normalized spacial score (nSPS) is 15.5. The number of nitrogens with zero attached hydrogens (tertiary/aromatic N) is 1. The van der Waals surface area contributed by atoms with E-state index in [1.54, 1.807) is 24.3 Å². The number of carbonyl (C=O) groups is 2. The summed E-state index contributed by atoms with van der Waals surface area (Å²) in [6.07, 6.45) is 4.02. The van der Waals surface area contributed by atoms with Crippen LogP contribution in [-0.4, -0.2) is 43.4 Å². The highest BCUT2D eigenvalue weighted by molar-refractivity contribution is 7.89. The molecule has 0 atom stereocenters. The first-order valence-electron chi connectivity index (χ1n) is 10.6. The molecule has 2 heterocycles. The minimum absolute atomic E-state index is 0.0548. The summed E-state index contributed by atoms with van der Waals surface area (Å²) in [6.45, 7) is 3.14. The third-order valence-electron chi connectivity index (χ3n) is 5.40. The molecule has 2 N–H and O–H groups in total. The largest absolute Gasteiger partial charge is 0.459 e. The van der Waals surface area contributed by atoms with Crippen molar-refractivity contribution in [2.24, 2.45) is 5.92 Å². The van der Waals surface area contributed by atoms with Crippen molar-refractivity contribution in [1.29, 1.82) is 0 Å². The van der Waals surface area contributed by atoms with Gasteiger partial charge in [0, 0.05) is 31.2 Å². The van der Waals surface area contributed by atoms with Gasteiger partial charge in [-0.1, -0.05) is 25.5 Å². The summed E-state index contributed by atoms with van der Waals surface area (Å²) < 4.78 is 31.2. The maximum absolute atomic E-state index is 12.5. The van der Waals surface area contributed by atoms with Gasteiger partial charge in [-0.2, -0.15) is 0 Å². The fraction of sp³-hybridized carbons (Fsp3) is 0.455. The summed E-state index contributed by atoms with van der Waals surface area (Å²) in [7, 11) is -3.21. The molecule has 2 amide bonds. The number of hydrogen-bond acceptors (Lipinski definition) is 5. The van der Waals surface area contributed by atoms with Gasteiger partial charge in [0.25, 0.3) is 5.91 Å².